The molecule has 0 aromatic heterocycles. The van der Waals surface area contributed by atoms with Crippen molar-refractivity contribution >= 4 is 38.9 Å². The van der Waals surface area contributed by atoms with Gasteiger partial charge < -0.3 is 15.0 Å². The summed E-state index contributed by atoms with van der Waals surface area (Å²) >= 11 is 6.22. The van der Waals surface area contributed by atoms with Crippen LogP contribution in [0.4, 0.5) is 11.4 Å². The van der Waals surface area contributed by atoms with Crippen LogP contribution in [0.3, 0.4) is 0 Å². The van der Waals surface area contributed by atoms with Crippen molar-refractivity contribution < 1.29 is 17.9 Å². The maximum Gasteiger partial charge on any atom is 0.256 e. The number of amides is 1. The molecule has 4 rings (SSSR count). The Bertz CT molecular complexity index is 1090. The fourth-order valence-corrected chi connectivity index (χ4v) is 5.76. The molecule has 7 nitrogen and oxygen atoms in total. The van der Waals surface area contributed by atoms with Crippen molar-refractivity contribution in [1.29, 1.82) is 0 Å². The summed E-state index contributed by atoms with van der Waals surface area (Å²) in [7, 11) is -3.70. The molecular weight excluding hydrogens is 450 g/mol. The lowest BCUT2D eigenvalue weighted by Gasteiger charge is -2.30. The summed E-state index contributed by atoms with van der Waals surface area (Å²) in [6.07, 6.45) is 3.42. The van der Waals surface area contributed by atoms with Gasteiger partial charge in [0.2, 0.25) is 10.0 Å². The van der Waals surface area contributed by atoms with Gasteiger partial charge in [-0.1, -0.05) is 17.7 Å². The average Bonchev–Trinajstić information content (AvgIpc) is 2.80. The second-order valence-electron chi connectivity index (χ2n) is 8.16. The molecule has 0 atom stereocenters. The van der Waals surface area contributed by atoms with E-state index in [-0.39, 0.29) is 10.8 Å². The lowest BCUT2D eigenvalue weighted by molar-refractivity contribution is 0.0730. The Balaban J connectivity index is 1.62. The monoisotopic (exact) mass is 477 g/mol. The van der Waals surface area contributed by atoms with Gasteiger partial charge in [-0.05, 0) is 62.1 Å². The number of carbonyl (C=O) groups excluding carboxylic acids is 1. The maximum atomic E-state index is 13.2. The number of nitrogens with zero attached hydrogens (tertiary/aromatic N) is 2. The molecule has 9 heteroatoms. The lowest BCUT2D eigenvalue weighted by atomic mass is 10.1. The predicted octanol–water partition coefficient (Wildman–Crippen LogP) is 3.91. The Morgan fingerprint density at radius 3 is 2.44 bits per heavy atom. The number of hydrogen-bond donors (Lipinski definition) is 1. The van der Waals surface area contributed by atoms with E-state index in [4.69, 9.17) is 16.3 Å². The van der Waals surface area contributed by atoms with Crippen molar-refractivity contribution in [2.45, 2.75) is 31.1 Å². The Labute approximate surface area is 194 Å². The van der Waals surface area contributed by atoms with Crippen LogP contribution in [0.25, 0.3) is 0 Å². The molecule has 1 amide bonds. The number of carbonyl (C=O) groups is 1. The van der Waals surface area contributed by atoms with Gasteiger partial charge in [0.1, 0.15) is 0 Å². The van der Waals surface area contributed by atoms with Gasteiger partial charge in [-0.2, -0.15) is 4.31 Å². The zero-order chi connectivity index (χ0) is 22.7. The Kier molecular flexibility index (Phi) is 7.05. The van der Waals surface area contributed by atoms with Gasteiger partial charge in [-0.3, -0.25) is 4.79 Å². The van der Waals surface area contributed by atoms with Crippen molar-refractivity contribution in [2.75, 3.05) is 49.6 Å². The summed E-state index contributed by atoms with van der Waals surface area (Å²) in [5, 5.41) is 3.50. The molecule has 0 unspecified atom stereocenters. The first-order valence-electron chi connectivity index (χ1n) is 10.9. The van der Waals surface area contributed by atoms with Gasteiger partial charge in [0, 0.05) is 36.8 Å². The van der Waals surface area contributed by atoms with E-state index in [0.717, 1.165) is 31.6 Å². The predicted molar refractivity (Wildman–Crippen MR) is 126 cm³/mol. The van der Waals surface area contributed by atoms with Crippen LogP contribution in [0.15, 0.2) is 41.3 Å². The van der Waals surface area contributed by atoms with E-state index in [1.807, 2.05) is 12.1 Å². The standard InChI is InChI=1S/C23H28ClN3O4S/c1-17-5-7-19(32(29,30)27-11-13-31-14-12-27)16-20(17)23(28)25-21-15-18(24)6-8-22(21)26-9-3-2-4-10-26/h5-8,15-16H,2-4,9-14H2,1H3,(H,25,28). The number of piperidine rings is 1. The van der Waals surface area contributed by atoms with E-state index in [2.05, 4.69) is 10.2 Å². The highest BCUT2D eigenvalue weighted by molar-refractivity contribution is 7.89. The zero-order valence-electron chi connectivity index (χ0n) is 18.1. The van der Waals surface area contributed by atoms with Crippen LogP contribution in [-0.4, -0.2) is 58.0 Å². The third-order valence-electron chi connectivity index (χ3n) is 5.97. The summed E-state index contributed by atoms with van der Waals surface area (Å²) in [6, 6.07) is 10.2. The highest BCUT2D eigenvalue weighted by atomic mass is 35.5. The summed E-state index contributed by atoms with van der Waals surface area (Å²) in [5.41, 5.74) is 2.58. The van der Waals surface area contributed by atoms with Crippen molar-refractivity contribution in [3.63, 3.8) is 0 Å². The van der Waals surface area contributed by atoms with Crippen molar-refractivity contribution in [3.05, 3.63) is 52.5 Å². The number of sulfonamides is 1. The smallest absolute Gasteiger partial charge is 0.256 e. The van der Waals surface area contributed by atoms with Crippen LogP contribution in [0.2, 0.25) is 5.02 Å². The Morgan fingerprint density at radius 1 is 1.00 bits per heavy atom. The molecule has 0 aliphatic carbocycles. The van der Waals surface area contributed by atoms with E-state index in [1.54, 1.807) is 25.1 Å². The highest BCUT2D eigenvalue weighted by Gasteiger charge is 2.27. The molecule has 0 saturated carbocycles. The fraction of sp³-hybridized carbons (Fsp3) is 0.435. The molecule has 2 aromatic rings. The number of halogens is 1. The van der Waals surface area contributed by atoms with Crippen LogP contribution >= 0.6 is 11.6 Å². The molecule has 2 heterocycles. The topological polar surface area (TPSA) is 78.9 Å². The summed E-state index contributed by atoms with van der Waals surface area (Å²) < 4.78 is 32.8. The van der Waals surface area contributed by atoms with Crippen LogP contribution in [0, 0.1) is 6.92 Å². The third-order valence-corrected chi connectivity index (χ3v) is 8.09. The first kappa shape index (κ1) is 23.0. The first-order chi connectivity index (χ1) is 15.4. The fourth-order valence-electron chi connectivity index (χ4n) is 4.15. The second kappa shape index (κ2) is 9.79. The van der Waals surface area contributed by atoms with Crippen molar-refractivity contribution in [1.82, 2.24) is 4.31 Å². The Hall–Kier alpha value is -2.13. The number of rotatable bonds is 5. The first-order valence-corrected chi connectivity index (χ1v) is 12.7. The number of aryl methyl sites for hydroxylation is 1. The van der Waals surface area contributed by atoms with E-state index >= 15 is 0 Å². The number of nitrogens with one attached hydrogen (secondary N) is 1. The van der Waals surface area contributed by atoms with Crippen LogP contribution in [-0.2, 0) is 14.8 Å². The van der Waals surface area contributed by atoms with E-state index in [1.165, 1.54) is 16.8 Å². The maximum absolute atomic E-state index is 13.2. The van der Waals surface area contributed by atoms with E-state index in [9.17, 15) is 13.2 Å². The molecule has 2 aromatic carbocycles. The van der Waals surface area contributed by atoms with Crippen molar-refractivity contribution in [2.24, 2.45) is 0 Å². The normalized spacial score (nSPS) is 17.9. The van der Waals surface area contributed by atoms with Crippen molar-refractivity contribution in [3.8, 4) is 0 Å². The number of hydrogen-bond acceptors (Lipinski definition) is 5. The van der Waals surface area contributed by atoms with Gasteiger partial charge in [-0.25, -0.2) is 8.42 Å². The SMILES string of the molecule is Cc1ccc(S(=O)(=O)N2CCOCC2)cc1C(=O)Nc1cc(Cl)ccc1N1CCCCC1. The number of anilines is 2. The molecule has 32 heavy (non-hydrogen) atoms. The molecule has 2 fully saturated rings. The van der Waals surface area contributed by atoms with E-state index < -0.39 is 10.0 Å². The average molecular weight is 478 g/mol. The van der Waals surface area contributed by atoms with Crippen LogP contribution < -0.4 is 10.2 Å². The number of morpholine rings is 1. The summed E-state index contributed by atoms with van der Waals surface area (Å²) in [4.78, 5) is 15.6. The van der Waals surface area contributed by atoms with Gasteiger partial charge >= 0.3 is 0 Å². The lowest BCUT2D eigenvalue weighted by Crippen LogP contribution is -2.40. The molecule has 172 valence electrons. The molecule has 2 saturated heterocycles. The largest absolute Gasteiger partial charge is 0.379 e. The van der Waals surface area contributed by atoms with Crippen LogP contribution in [0.5, 0.6) is 0 Å². The summed E-state index contributed by atoms with van der Waals surface area (Å²) in [5.74, 6) is -0.359. The highest BCUT2D eigenvalue weighted by Crippen LogP contribution is 2.32. The van der Waals surface area contributed by atoms with Gasteiger partial charge in [-0.15, -0.1) is 0 Å². The molecule has 2 aliphatic rings. The second-order valence-corrected chi connectivity index (χ2v) is 10.5. The van der Waals surface area contributed by atoms with Gasteiger partial charge in [0.05, 0.1) is 29.5 Å². The number of ether oxygens (including phenoxy) is 1. The quantitative estimate of drug-likeness (QED) is 0.706. The van der Waals surface area contributed by atoms with Gasteiger partial charge in [0.25, 0.3) is 5.91 Å². The third kappa shape index (κ3) is 4.93. The van der Waals surface area contributed by atoms with Crippen LogP contribution in [0.1, 0.15) is 35.2 Å². The molecule has 0 bridgehead atoms. The van der Waals surface area contributed by atoms with E-state index in [0.29, 0.717) is 48.1 Å². The zero-order valence-corrected chi connectivity index (χ0v) is 19.7. The number of benzene rings is 2. The molecule has 1 N–H and O–H groups in total. The molecule has 0 spiro atoms. The molecule has 0 radical (unpaired) electrons. The molecule has 2 aliphatic heterocycles. The minimum atomic E-state index is -3.70. The summed E-state index contributed by atoms with van der Waals surface area (Å²) in [6.45, 7) is 5.00. The minimum absolute atomic E-state index is 0.109. The minimum Gasteiger partial charge on any atom is -0.379 e. The Morgan fingerprint density at radius 2 is 1.72 bits per heavy atom. The van der Waals surface area contributed by atoms with Gasteiger partial charge in [0.15, 0.2) is 0 Å². The molecular formula is C23H28ClN3O4S.